The first-order chi connectivity index (χ1) is 9.76. The lowest BCUT2D eigenvalue weighted by Crippen LogP contribution is -2.07. The van der Waals surface area contributed by atoms with Crippen LogP contribution < -0.4 is 0 Å². The minimum atomic E-state index is -0.472. The number of ether oxygens (including phenoxy) is 1. The summed E-state index contributed by atoms with van der Waals surface area (Å²) >= 11 is 0. The molecule has 0 amide bonds. The molecule has 1 aromatic heterocycles. The van der Waals surface area contributed by atoms with Crippen LogP contribution in [0.5, 0.6) is 0 Å². The van der Waals surface area contributed by atoms with Gasteiger partial charge in [-0.3, -0.25) is 0 Å². The molecule has 0 aliphatic carbocycles. The number of benzene rings is 1. The molecule has 2 aromatic rings. The van der Waals surface area contributed by atoms with Gasteiger partial charge in [-0.1, -0.05) is 31.5 Å². The number of carbonyl (C=O) groups is 1. The number of hydrogen-bond donors (Lipinski definition) is 0. The summed E-state index contributed by atoms with van der Waals surface area (Å²) in [6, 6.07) is 9.70. The number of nitrogens with zero attached hydrogens (tertiary/aromatic N) is 3. The van der Waals surface area contributed by atoms with Crippen LogP contribution in [0.1, 0.15) is 43.1 Å². The van der Waals surface area contributed by atoms with E-state index in [9.17, 15) is 4.79 Å². The van der Waals surface area contributed by atoms with Gasteiger partial charge in [-0.15, -0.1) is 5.10 Å². The van der Waals surface area contributed by atoms with Crippen molar-refractivity contribution in [1.29, 1.82) is 0 Å². The van der Waals surface area contributed by atoms with Crippen molar-refractivity contribution in [3.8, 4) is 5.69 Å². The highest BCUT2D eigenvalue weighted by atomic mass is 16.5. The normalized spacial score (nSPS) is 10.5. The number of aryl methyl sites for hydroxylation is 1. The topological polar surface area (TPSA) is 57.0 Å². The molecule has 0 aliphatic heterocycles. The molecule has 0 spiro atoms. The van der Waals surface area contributed by atoms with Gasteiger partial charge in [0, 0.05) is 6.42 Å². The Morgan fingerprint density at radius 1 is 1.25 bits per heavy atom. The molecule has 0 N–H and O–H groups in total. The number of para-hydroxylation sites is 1. The van der Waals surface area contributed by atoms with Crippen molar-refractivity contribution < 1.29 is 9.53 Å². The summed E-state index contributed by atoms with van der Waals surface area (Å²) in [7, 11) is 0. The highest BCUT2D eigenvalue weighted by Gasteiger charge is 2.17. The Kier molecular flexibility index (Phi) is 4.87. The molecule has 0 aliphatic rings. The first-order valence-corrected chi connectivity index (χ1v) is 6.94. The predicted octanol–water partition coefficient (Wildman–Crippen LogP) is 2.79. The van der Waals surface area contributed by atoms with Gasteiger partial charge in [-0.25, -0.2) is 14.5 Å². The first kappa shape index (κ1) is 14.2. The Morgan fingerprint density at radius 3 is 2.65 bits per heavy atom. The van der Waals surface area contributed by atoms with Crippen LogP contribution in [-0.4, -0.2) is 27.3 Å². The second kappa shape index (κ2) is 6.84. The van der Waals surface area contributed by atoms with Gasteiger partial charge in [0.2, 0.25) is 0 Å². The average molecular weight is 273 g/mol. The molecule has 0 fully saturated rings. The van der Waals surface area contributed by atoms with E-state index in [2.05, 4.69) is 17.0 Å². The number of esters is 1. The van der Waals surface area contributed by atoms with E-state index in [1.54, 1.807) is 11.6 Å². The highest BCUT2D eigenvalue weighted by Crippen LogP contribution is 2.12. The molecule has 1 aromatic carbocycles. The lowest BCUT2D eigenvalue weighted by atomic mass is 10.2. The maximum Gasteiger partial charge on any atom is 0.378 e. The van der Waals surface area contributed by atoms with Gasteiger partial charge >= 0.3 is 5.97 Å². The molecule has 20 heavy (non-hydrogen) atoms. The Bertz CT molecular complexity index is 564. The van der Waals surface area contributed by atoms with Crippen molar-refractivity contribution in [1.82, 2.24) is 14.8 Å². The van der Waals surface area contributed by atoms with Gasteiger partial charge in [0.15, 0.2) is 0 Å². The molecule has 5 nitrogen and oxygen atoms in total. The molecule has 0 saturated carbocycles. The van der Waals surface area contributed by atoms with Crippen LogP contribution in [-0.2, 0) is 11.2 Å². The Labute approximate surface area is 118 Å². The minimum Gasteiger partial charge on any atom is -0.460 e. The molecule has 2 rings (SSSR count). The first-order valence-electron chi connectivity index (χ1n) is 6.94. The summed E-state index contributed by atoms with van der Waals surface area (Å²) < 4.78 is 6.68. The fourth-order valence-corrected chi connectivity index (χ4v) is 1.90. The van der Waals surface area contributed by atoms with Crippen molar-refractivity contribution in [2.45, 2.75) is 33.1 Å². The number of carbonyl (C=O) groups excluding carboxylic acids is 1. The highest BCUT2D eigenvalue weighted by molar-refractivity contribution is 5.85. The van der Waals surface area contributed by atoms with E-state index >= 15 is 0 Å². The van der Waals surface area contributed by atoms with Gasteiger partial charge in [0.05, 0.1) is 12.3 Å². The largest absolute Gasteiger partial charge is 0.460 e. The average Bonchev–Trinajstić information content (AvgIpc) is 2.90. The van der Waals surface area contributed by atoms with E-state index in [4.69, 9.17) is 4.74 Å². The van der Waals surface area contributed by atoms with E-state index in [0.717, 1.165) is 30.8 Å². The molecule has 106 valence electrons. The van der Waals surface area contributed by atoms with Crippen LogP contribution in [0.3, 0.4) is 0 Å². The third-order valence-corrected chi connectivity index (χ3v) is 2.89. The van der Waals surface area contributed by atoms with Gasteiger partial charge in [-0.2, -0.15) is 0 Å². The van der Waals surface area contributed by atoms with E-state index < -0.39 is 5.97 Å². The lowest BCUT2D eigenvalue weighted by Gasteiger charge is -2.04. The SMILES string of the molecule is CCCCc1nc(C(=O)OCC)nn1-c1ccccc1. The van der Waals surface area contributed by atoms with Gasteiger partial charge < -0.3 is 4.74 Å². The van der Waals surface area contributed by atoms with Crippen molar-refractivity contribution >= 4 is 5.97 Å². The third-order valence-electron chi connectivity index (χ3n) is 2.89. The molecule has 0 radical (unpaired) electrons. The quantitative estimate of drug-likeness (QED) is 0.759. The van der Waals surface area contributed by atoms with E-state index in [-0.39, 0.29) is 5.82 Å². The number of aromatic nitrogens is 3. The van der Waals surface area contributed by atoms with Crippen molar-refractivity contribution in [3.63, 3.8) is 0 Å². The van der Waals surface area contributed by atoms with Crippen molar-refractivity contribution in [2.24, 2.45) is 0 Å². The fraction of sp³-hybridized carbons (Fsp3) is 0.400. The van der Waals surface area contributed by atoms with E-state index in [0.29, 0.717) is 6.61 Å². The van der Waals surface area contributed by atoms with Crippen LogP contribution in [0.15, 0.2) is 30.3 Å². The van der Waals surface area contributed by atoms with Gasteiger partial charge in [0.25, 0.3) is 5.82 Å². The second-order valence-corrected chi connectivity index (χ2v) is 4.42. The van der Waals surface area contributed by atoms with Gasteiger partial charge in [-0.05, 0) is 25.5 Å². The summed E-state index contributed by atoms with van der Waals surface area (Å²) in [5.41, 5.74) is 0.904. The Morgan fingerprint density at radius 2 is 2.00 bits per heavy atom. The smallest absolute Gasteiger partial charge is 0.378 e. The van der Waals surface area contributed by atoms with E-state index in [1.165, 1.54) is 0 Å². The second-order valence-electron chi connectivity index (χ2n) is 4.42. The zero-order chi connectivity index (χ0) is 14.4. The third kappa shape index (κ3) is 3.23. The molecule has 0 atom stereocenters. The number of hydrogen-bond acceptors (Lipinski definition) is 4. The van der Waals surface area contributed by atoms with Crippen LogP contribution in [0, 0.1) is 0 Å². The predicted molar refractivity (Wildman–Crippen MR) is 75.9 cm³/mol. The standard InChI is InChI=1S/C15H19N3O2/c1-3-5-11-13-16-14(15(19)20-4-2)17-18(13)12-9-7-6-8-10-12/h6-10H,3-5,11H2,1-2H3. The zero-order valence-corrected chi connectivity index (χ0v) is 11.9. The molecule has 0 saturated heterocycles. The monoisotopic (exact) mass is 273 g/mol. The van der Waals surface area contributed by atoms with Crippen LogP contribution in [0.25, 0.3) is 5.69 Å². The molecule has 0 unspecified atom stereocenters. The molecular formula is C15H19N3O2. The number of unbranched alkanes of at least 4 members (excludes halogenated alkanes) is 1. The summed E-state index contributed by atoms with van der Waals surface area (Å²) in [5, 5.41) is 4.28. The minimum absolute atomic E-state index is 0.127. The Balaban J connectivity index is 2.35. The maximum absolute atomic E-state index is 11.8. The molecule has 1 heterocycles. The zero-order valence-electron chi connectivity index (χ0n) is 11.9. The number of rotatable bonds is 6. The van der Waals surface area contributed by atoms with Crippen LogP contribution in [0.2, 0.25) is 0 Å². The van der Waals surface area contributed by atoms with Crippen molar-refractivity contribution in [2.75, 3.05) is 6.61 Å². The summed E-state index contributed by atoms with van der Waals surface area (Å²) in [4.78, 5) is 16.1. The lowest BCUT2D eigenvalue weighted by molar-refractivity contribution is 0.0512. The summed E-state index contributed by atoms with van der Waals surface area (Å²) in [6.45, 7) is 4.21. The van der Waals surface area contributed by atoms with Gasteiger partial charge in [0.1, 0.15) is 5.82 Å². The van der Waals surface area contributed by atoms with E-state index in [1.807, 2.05) is 30.3 Å². The summed E-state index contributed by atoms with van der Waals surface area (Å²) in [5.74, 6) is 0.447. The molecule has 5 heteroatoms. The van der Waals surface area contributed by atoms with Crippen LogP contribution >= 0.6 is 0 Å². The maximum atomic E-state index is 11.8. The van der Waals surface area contributed by atoms with Crippen molar-refractivity contribution in [3.05, 3.63) is 42.0 Å². The molecule has 0 bridgehead atoms. The summed E-state index contributed by atoms with van der Waals surface area (Å²) in [6.07, 6.45) is 2.86. The Hall–Kier alpha value is -2.17. The fourth-order valence-electron chi connectivity index (χ4n) is 1.90. The molecular weight excluding hydrogens is 254 g/mol. The van der Waals surface area contributed by atoms with Crippen LogP contribution in [0.4, 0.5) is 0 Å².